The van der Waals surface area contributed by atoms with Gasteiger partial charge in [-0.25, -0.2) is 0 Å². The van der Waals surface area contributed by atoms with Crippen LogP contribution in [0.3, 0.4) is 0 Å². The molecule has 3 N–H and O–H groups in total. The smallest absolute Gasteiger partial charge is 0.0894 e. The average Bonchev–Trinajstić information content (AvgIpc) is 2.28. The first kappa shape index (κ1) is 12.0. The van der Waals surface area contributed by atoms with Crippen LogP contribution in [0.2, 0.25) is 0 Å². The minimum absolute atomic E-state index is 0.108. The van der Waals surface area contributed by atoms with Crippen molar-refractivity contribution >= 4 is 5.69 Å². The molecule has 84 valence electrons. The molecule has 1 aromatic rings. The van der Waals surface area contributed by atoms with Gasteiger partial charge in [0.25, 0.3) is 0 Å². The fourth-order valence-corrected chi connectivity index (χ4v) is 1.41. The van der Waals surface area contributed by atoms with Gasteiger partial charge in [-0.2, -0.15) is 0 Å². The first-order valence-electron chi connectivity index (χ1n) is 5.43. The van der Waals surface area contributed by atoms with Crippen LogP contribution >= 0.6 is 0 Å². The van der Waals surface area contributed by atoms with Gasteiger partial charge in [-0.15, -0.1) is 0 Å². The zero-order valence-corrected chi connectivity index (χ0v) is 8.95. The second-order valence-electron chi connectivity index (χ2n) is 3.69. The van der Waals surface area contributed by atoms with Crippen molar-refractivity contribution in [3.8, 4) is 0 Å². The number of para-hydroxylation sites is 1. The van der Waals surface area contributed by atoms with Crippen LogP contribution in [0.1, 0.15) is 19.3 Å². The summed E-state index contributed by atoms with van der Waals surface area (Å²) in [6, 6.07) is 10.1. The lowest BCUT2D eigenvalue weighted by molar-refractivity contribution is 0.446. The molecule has 0 bridgehead atoms. The molecule has 1 aromatic carbocycles. The number of anilines is 1. The highest BCUT2D eigenvalue weighted by Crippen LogP contribution is 2.06. The third kappa shape index (κ3) is 5.37. The minimum Gasteiger partial charge on any atom is -0.383 e. The van der Waals surface area contributed by atoms with Gasteiger partial charge >= 0.3 is 0 Å². The quantitative estimate of drug-likeness (QED) is 0.679. The van der Waals surface area contributed by atoms with Gasteiger partial charge in [0.1, 0.15) is 0 Å². The van der Waals surface area contributed by atoms with E-state index in [4.69, 9.17) is 5.73 Å². The monoisotopic (exact) mass is 210 g/mol. The van der Waals surface area contributed by atoms with E-state index in [2.05, 4.69) is 5.32 Å². The van der Waals surface area contributed by atoms with Crippen molar-refractivity contribution in [2.75, 3.05) is 18.5 Å². The van der Waals surface area contributed by atoms with E-state index in [-0.39, 0.29) is 12.7 Å². The van der Waals surface area contributed by atoms with Crippen LogP contribution in [0.5, 0.6) is 0 Å². The Morgan fingerprint density at radius 2 is 1.93 bits per heavy atom. The Balaban J connectivity index is 2.14. The van der Waals surface area contributed by atoms with Gasteiger partial charge in [-0.05, 0) is 31.4 Å². The Labute approximate surface area is 90.7 Å². The maximum atomic E-state index is 11.8. The fraction of sp³-hybridized carbons (Fsp3) is 0.500. The summed E-state index contributed by atoms with van der Waals surface area (Å²) in [6.45, 7) is 0.509. The van der Waals surface area contributed by atoms with Crippen molar-refractivity contribution in [1.82, 2.24) is 0 Å². The number of benzene rings is 1. The molecule has 1 rings (SSSR count). The van der Waals surface area contributed by atoms with E-state index < -0.39 is 0 Å². The summed E-state index contributed by atoms with van der Waals surface area (Å²) in [7, 11) is 0. The van der Waals surface area contributed by atoms with E-state index in [1.807, 2.05) is 30.3 Å². The second kappa shape index (κ2) is 7.23. The van der Waals surface area contributed by atoms with Gasteiger partial charge < -0.3 is 11.1 Å². The number of unbranched alkanes of at least 4 members (excludes halogenated alkanes) is 1. The maximum Gasteiger partial charge on any atom is 0.0894 e. The fourth-order valence-electron chi connectivity index (χ4n) is 1.41. The molecular weight excluding hydrogens is 191 g/mol. The Morgan fingerprint density at radius 1 is 1.20 bits per heavy atom. The van der Waals surface area contributed by atoms with E-state index in [1.165, 1.54) is 0 Å². The van der Waals surface area contributed by atoms with Crippen molar-refractivity contribution in [3.05, 3.63) is 30.3 Å². The van der Waals surface area contributed by atoms with Crippen molar-refractivity contribution < 1.29 is 4.39 Å². The molecule has 0 aliphatic heterocycles. The lowest BCUT2D eigenvalue weighted by Gasteiger charge is -2.13. The molecule has 0 heterocycles. The highest BCUT2D eigenvalue weighted by atomic mass is 19.1. The Bertz CT molecular complexity index is 251. The third-order valence-electron chi connectivity index (χ3n) is 2.30. The molecular formula is C12H19FN2. The number of nitrogens with one attached hydrogen (secondary N) is 1. The Hall–Kier alpha value is -1.09. The summed E-state index contributed by atoms with van der Waals surface area (Å²) in [5, 5.41) is 3.25. The van der Waals surface area contributed by atoms with Crippen LogP contribution in [0.25, 0.3) is 0 Å². The molecule has 3 heteroatoms. The number of rotatable bonds is 7. The van der Waals surface area contributed by atoms with E-state index in [0.717, 1.165) is 25.1 Å². The molecule has 0 aliphatic carbocycles. The summed E-state index contributed by atoms with van der Waals surface area (Å²) in [4.78, 5) is 0. The first-order chi connectivity index (χ1) is 7.33. The number of nitrogens with two attached hydrogens (primary N) is 1. The van der Waals surface area contributed by atoms with Gasteiger partial charge in [0.15, 0.2) is 0 Å². The molecule has 0 saturated heterocycles. The van der Waals surface area contributed by atoms with Gasteiger partial charge in [0.2, 0.25) is 0 Å². The van der Waals surface area contributed by atoms with Crippen LogP contribution in [0.4, 0.5) is 10.1 Å². The van der Waals surface area contributed by atoms with Crippen LogP contribution in [-0.4, -0.2) is 19.3 Å². The Morgan fingerprint density at radius 3 is 2.60 bits per heavy atom. The predicted octanol–water partition coefficient (Wildman–Crippen LogP) is 2.57. The summed E-state index contributed by atoms with van der Waals surface area (Å²) in [6.07, 6.45) is 2.37. The van der Waals surface area contributed by atoms with Gasteiger partial charge in [-0.1, -0.05) is 18.2 Å². The third-order valence-corrected chi connectivity index (χ3v) is 2.30. The number of halogens is 1. The minimum atomic E-state index is -0.237. The number of alkyl halides is 1. The average molecular weight is 210 g/mol. The van der Waals surface area contributed by atoms with E-state index in [1.54, 1.807) is 0 Å². The summed E-state index contributed by atoms with van der Waals surface area (Å²) >= 11 is 0. The highest BCUT2D eigenvalue weighted by Gasteiger charge is 2.01. The van der Waals surface area contributed by atoms with Crippen molar-refractivity contribution in [3.63, 3.8) is 0 Å². The molecule has 0 spiro atoms. The molecule has 1 atom stereocenters. The maximum absolute atomic E-state index is 11.8. The lowest BCUT2D eigenvalue weighted by Crippen LogP contribution is -2.28. The Kier molecular flexibility index (Phi) is 5.78. The van der Waals surface area contributed by atoms with Crippen molar-refractivity contribution in [2.45, 2.75) is 25.3 Å². The zero-order valence-electron chi connectivity index (χ0n) is 8.95. The standard InChI is InChI=1S/C12H19FN2/c13-9-5-4-6-11(14)10-15-12-7-2-1-3-8-12/h1-3,7-8,11,15H,4-6,9-10,14H2. The number of hydrogen-bond donors (Lipinski definition) is 2. The molecule has 0 aliphatic rings. The molecule has 1 unspecified atom stereocenters. The van der Waals surface area contributed by atoms with Crippen LogP contribution < -0.4 is 11.1 Å². The second-order valence-corrected chi connectivity index (χ2v) is 3.69. The lowest BCUT2D eigenvalue weighted by atomic mass is 10.1. The molecule has 0 amide bonds. The van der Waals surface area contributed by atoms with E-state index in [0.29, 0.717) is 6.42 Å². The molecule has 0 saturated carbocycles. The van der Waals surface area contributed by atoms with Crippen LogP contribution in [-0.2, 0) is 0 Å². The zero-order chi connectivity index (χ0) is 10.9. The van der Waals surface area contributed by atoms with Crippen molar-refractivity contribution in [1.29, 1.82) is 0 Å². The predicted molar refractivity (Wildman–Crippen MR) is 62.7 cm³/mol. The normalized spacial score (nSPS) is 12.4. The highest BCUT2D eigenvalue weighted by molar-refractivity contribution is 5.42. The largest absolute Gasteiger partial charge is 0.383 e. The molecule has 0 radical (unpaired) electrons. The summed E-state index contributed by atoms with van der Waals surface area (Å²) < 4.78 is 11.8. The number of hydrogen-bond acceptors (Lipinski definition) is 2. The SMILES string of the molecule is NC(CCCCF)CNc1ccccc1. The van der Waals surface area contributed by atoms with Crippen LogP contribution in [0.15, 0.2) is 30.3 Å². The summed E-state index contributed by atoms with van der Waals surface area (Å²) in [5.41, 5.74) is 6.96. The molecule has 0 fully saturated rings. The van der Waals surface area contributed by atoms with Gasteiger partial charge in [-0.3, -0.25) is 4.39 Å². The summed E-state index contributed by atoms with van der Waals surface area (Å²) in [5.74, 6) is 0. The molecule has 2 nitrogen and oxygen atoms in total. The van der Waals surface area contributed by atoms with Crippen molar-refractivity contribution in [2.24, 2.45) is 5.73 Å². The van der Waals surface area contributed by atoms with Crippen LogP contribution in [0, 0.1) is 0 Å². The topological polar surface area (TPSA) is 38.0 Å². The van der Waals surface area contributed by atoms with E-state index in [9.17, 15) is 4.39 Å². The van der Waals surface area contributed by atoms with Gasteiger partial charge in [0, 0.05) is 18.3 Å². The molecule has 0 aromatic heterocycles. The van der Waals surface area contributed by atoms with Gasteiger partial charge in [0.05, 0.1) is 6.67 Å². The first-order valence-corrected chi connectivity index (χ1v) is 5.43. The van der Waals surface area contributed by atoms with E-state index >= 15 is 0 Å². The molecule has 15 heavy (non-hydrogen) atoms.